The smallest absolute Gasteiger partial charge is 0.216 e. The maximum absolute atomic E-state index is 6.22. The monoisotopic (exact) mass is 242 g/mol. The van der Waals surface area contributed by atoms with Gasteiger partial charge in [-0.25, -0.2) is 4.98 Å². The molecule has 0 amide bonds. The van der Waals surface area contributed by atoms with E-state index in [0.29, 0.717) is 11.8 Å². The van der Waals surface area contributed by atoms with Crippen molar-refractivity contribution in [3.05, 3.63) is 17.6 Å². The summed E-state index contributed by atoms with van der Waals surface area (Å²) in [5, 5.41) is 0.0407. The molecule has 0 aromatic carbocycles. The number of hydrogen-bond donors (Lipinski definition) is 0. The molecule has 1 rings (SSSR count). The van der Waals surface area contributed by atoms with Gasteiger partial charge in [-0.05, 0) is 19.8 Å². The molecule has 4 heteroatoms. The molecule has 1 aromatic rings. The Balaban J connectivity index is 3.13. The minimum absolute atomic E-state index is 0.0407. The molecule has 0 bridgehead atoms. The van der Waals surface area contributed by atoms with Gasteiger partial charge >= 0.3 is 0 Å². The Morgan fingerprint density at radius 2 is 1.88 bits per heavy atom. The van der Waals surface area contributed by atoms with Crippen LogP contribution in [0.2, 0.25) is 0 Å². The van der Waals surface area contributed by atoms with Crippen LogP contribution in [0.1, 0.15) is 38.2 Å². The minimum Gasteiger partial charge on any atom is -0.481 e. The van der Waals surface area contributed by atoms with Crippen LogP contribution in [0.4, 0.5) is 0 Å². The molecule has 16 heavy (non-hydrogen) atoms. The van der Waals surface area contributed by atoms with Gasteiger partial charge in [0.05, 0.1) is 12.8 Å². The zero-order valence-corrected chi connectivity index (χ0v) is 11.2. The molecule has 0 fully saturated rings. The number of hydrogen-bond acceptors (Lipinski definition) is 3. The van der Waals surface area contributed by atoms with Crippen molar-refractivity contribution in [3.63, 3.8) is 0 Å². The van der Waals surface area contributed by atoms with E-state index < -0.39 is 0 Å². The summed E-state index contributed by atoms with van der Waals surface area (Å²) in [5.74, 6) is 1.98. The van der Waals surface area contributed by atoms with Crippen molar-refractivity contribution in [3.8, 4) is 5.88 Å². The molecule has 2 atom stereocenters. The van der Waals surface area contributed by atoms with Gasteiger partial charge in [-0.3, -0.25) is 0 Å². The van der Waals surface area contributed by atoms with Crippen LogP contribution in [0.5, 0.6) is 5.88 Å². The highest BCUT2D eigenvalue weighted by Crippen LogP contribution is 2.31. The van der Waals surface area contributed by atoms with Crippen molar-refractivity contribution < 1.29 is 4.74 Å². The first-order chi connectivity index (χ1) is 7.45. The van der Waals surface area contributed by atoms with Crippen LogP contribution in [0.3, 0.4) is 0 Å². The highest BCUT2D eigenvalue weighted by Gasteiger charge is 2.23. The molecule has 3 nitrogen and oxygen atoms in total. The van der Waals surface area contributed by atoms with Gasteiger partial charge in [0.25, 0.3) is 0 Å². The zero-order valence-electron chi connectivity index (χ0n) is 10.5. The topological polar surface area (TPSA) is 35.0 Å². The Morgan fingerprint density at radius 3 is 2.31 bits per heavy atom. The third kappa shape index (κ3) is 3.08. The van der Waals surface area contributed by atoms with Gasteiger partial charge in [0.15, 0.2) is 0 Å². The summed E-state index contributed by atoms with van der Waals surface area (Å²) in [6.07, 6.45) is 0. The highest BCUT2D eigenvalue weighted by molar-refractivity contribution is 6.20. The second-order valence-electron chi connectivity index (χ2n) is 4.33. The number of alkyl halides is 1. The highest BCUT2D eigenvalue weighted by atomic mass is 35.5. The number of ether oxygens (including phenoxy) is 1. The summed E-state index contributed by atoms with van der Waals surface area (Å²) >= 11 is 6.22. The van der Waals surface area contributed by atoms with Gasteiger partial charge in [0.1, 0.15) is 5.82 Å². The Hall–Kier alpha value is -0.830. The van der Waals surface area contributed by atoms with Crippen molar-refractivity contribution in [2.24, 2.45) is 5.92 Å². The lowest BCUT2D eigenvalue weighted by Crippen LogP contribution is -2.18. The van der Waals surface area contributed by atoms with Crippen molar-refractivity contribution in [2.75, 3.05) is 7.11 Å². The normalized spacial score (nSPS) is 14.9. The summed E-state index contributed by atoms with van der Waals surface area (Å²) in [6, 6.07) is 1.87. The number of methoxy groups -OCH3 is 1. The molecule has 0 aliphatic rings. The average Bonchev–Trinajstić information content (AvgIpc) is 2.15. The second-order valence-corrected chi connectivity index (χ2v) is 5.02. The van der Waals surface area contributed by atoms with E-state index in [9.17, 15) is 0 Å². The SMILES string of the molecule is COc1cc(C(C(C)C)C(C)Cl)nc(C)n1. The Kier molecular flexibility index (Phi) is 4.54. The molecule has 90 valence electrons. The molecule has 0 aliphatic heterocycles. The molecular formula is C12H19ClN2O. The molecule has 0 radical (unpaired) electrons. The molecule has 1 heterocycles. The molecule has 0 saturated heterocycles. The fourth-order valence-corrected chi connectivity index (χ4v) is 2.36. The van der Waals surface area contributed by atoms with Crippen molar-refractivity contribution >= 4 is 11.6 Å². The van der Waals surface area contributed by atoms with Gasteiger partial charge in [-0.15, -0.1) is 11.6 Å². The lowest BCUT2D eigenvalue weighted by atomic mass is 9.89. The molecule has 2 unspecified atom stereocenters. The van der Waals surface area contributed by atoms with E-state index in [0.717, 1.165) is 11.5 Å². The van der Waals surface area contributed by atoms with Crippen molar-refractivity contribution in [2.45, 2.75) is 39.0 Å². The van der Waals surface area contributed by atoms with E-state index in [1.54, 1.807) is 7.11 Å². The summed E-state index contributed by atoms with van der Waals surface area (Å²) in [4.78, 5) is 8.63. The first-order valence-corrected chi connectivity index (χ1v) is 5.93. The van der Waals surface area contributed by atoms with Crippen LogP contribution in [-0.4, -0.2) is 22.5 Å². The van der Waals surface area contributed by atoms with Gasteiger partial charge < -0.3 is 4.74 Å². The van der Waals surface area contributed by atoms with Crippen LogP contribution < -0.4 is 4.74 Å². The predicted octanol–water partition coefficient (Wildman–Crippen LogP) is 3.16. The largest absolute Gasteiger partial charge is 0.481 e. The number of aryl methyl sites for hydroxylation is 1. The van der Waals surface area contributed by atoms with E-state index in [4.69, 9.17) is 16.3 Å². The number of aromatic nitrogens is 2. The Morgan fingerprint density at radius 1 is 1.25 bits per heavy atom. The molecule has 0 spiro atoms. The van der Waals surface area contributed by atoms with Gasteiger partial charge in [0.2, 0.25) is 5.88 Å². The lowest BCUT2D eigenvalue weighted by molar-refractivity contribution is 0.391. The van der Waals surface area contributed by atoms with Crippen molar-refractivity contribution in [1.82, 2.24) is 9.97 Å². The maximum Gasteiger partial charge on any atom is 0.216 e. The number of nitrogens with zero attached hydrogens (tertiary/aromatic N) is 2. The standard InChI is InChI=1S/C12H19ClN2O/c1-7(2)12(8(3)13)10-6-11(16-5)15-9(4)14-10/h6-8,12H,1-5H3. The summed E-state index contributed by atoms with van der Waals surface area (Å²) < 4.78 is 5.15. The van der Waals surface area contributed by atoms with Crippen LogP contribution in [0, 0.1) is 12.8 Å². The second kappa shape index (κ2) is 5.48. The van der Waals surface area contributed by atoms with E-state index in [-0.39, 0.29) is 11.3 Å². The summed E-state index contributed by atoms with van der Waals surface area (Å²) in [5.41, 5.74) is 0.960. The summed E-state index contributed by atoms with van der Waals surface area (Å²) in [6.45, 7) is 8.15. The van der Waals surface area contributed by atoms with Crippen LogP contribution in [0.25, 0.3) is 0 Å². The van der Waals surface area contributed by atoms with Crippen molar-refractivity contribution in [1.29, 1.82) is 0 Å². The minimum atomic E-state index is 0.0407. The van der Waals surface area contributed by atoms with Gasteiger partial charge in [-0.2, -0.15) is 4.98 Å². The zero-order chi connectivity index (χ0) is 12.3. The quantitative estimate of drug-likeness (QED) is 0.761. The van der Waals surface area contributed by atoms with E-state index in [2.05, 4.69) is 23.8 Å². The van der Waals surface area contributed by atoms with E-state index in [1.165, 1.54) is 0 Å². The van der Waals surface area contributed by atoms with Gasteiger partial charge in [-0.1, -0.05) is 13.8 Å². The average molecular weight is 243 g/mol. The fraction of sp³-hybridized carbons (Fsp3) is 0.667. The fourth-order valence-electron chi connectivity index (χ4n) is 1.94. The summed E-state index contributed by atoms with van der Waals surface area (Å²) in [7, 11) is 1.61. The predicted molar refractivity (Wildman–Crippen MR) is 66.2 cm³/mol. The first kappa shape index (κ1) is 13.2. The van der Waals surface area contributed by atoms with Gasteiger partial charge in [0, 0.05) is 17.4 Å². The van der Waals surface area contributed by atoms with E-state index in [1.807, 2.05) is 19.9 Å². The third-order valence-corrected chi connectivity index (χ3v) is 2.87. The van der Waals surface area contributed by atoms with E-state index >= 15 is 0 Å². The third-order valence-electron chi connectivity index (χ3n) is 2.60. The van der Waals surface area contributed by atoms with Crippen LogP contribution in [-0.2, 0) is 0 Å². The van der Waals surface area contributed by atoms with Crippen LogP contribution >= 0.6 is 11.6 Å². The molecule has 0 N–H and O–H groups in total. The number of halogens is 1. The molecular weight excluding hydrogens is 224 g/mol. The first-order valence-electron chi connectivity index (χ1n) is 5.49. The lowest BCUT2D eigenvalue weighted by Gasteiger charge is -2.23. The Bertz CT molecular complexity index is 345. The maximum atomic E-state index is 6.22. The molecule has 0 saturated carbocycles. The molecule has 1 aromatic heterocycles. The Labute approximate surface area is 102 Å². The number of rotatable bonds is 4. The van der Waals surface area contributed by atoms with Crippen LogP contribution in [0.15, 0.2) is 6.07 Å². The molecule has 0 aliphatic carbocycles.